The van der Waals surface area contributed by atoms with Gasteiger partial charge in [-0.15, -0.1) is 0 Å². The van der Waals surface area contributed by atoms with Gasteiger partial charge in [-0.3, -0.25) is 4.79 Å². The maximum atomic E-state index is 12.7. The normalized spacial score (nSPS) is 18.3. The Morgan fingerprint density at radius 3 is 2.76 bits per heavy atom. The second-order valence-electron chi connectivity index (χ2n) is 7.39. The largest absolute Gasteiger partial charge is 0.497 e. The lowest BCUT2D eigenvalue weighted by molar-refractivity contribution is -0.137. The first-order valence-electron chi connectivity index (χ1n) is 9.19. The van der Waals surface area contributed by atoms with Crippen molar-refractivity contribution in [3.8, 4) is 5.75 Å². The molecular formula is C20H29N3O2. The number of ether oxygens (including phenoxy) is 1. The van der Waals surface area contributed by atoms with Crippen molar-refractivity contribution < 1.29 is 9.53 Å². The van der Waals surface area contributed by atoms with Gasteiger partial charge in [0.15, 0.2) is 0 Å². The fourth-order valence-electron chi connectivity index (χ4n) is 3.97. The second-order valence-corrected chi connectivity index (χ2v) is 7.39. The summed E-state index contributed by atoms with van der Waals surface area (Å²) in [6, 6.07) is 6.12. The van der Waals surface area contributed by atoms with E-state index in [0.29, 0.717) is 5.92 Å². The lowest BCUT2D eigenvalue weighted by Gasteiger charge is -2.37. The summed E-state index contributed by atoms with van der Waals surface area (Å²) in [6.45, 7) is 5.47. The van der Waals surface area contributed by atoms with Gasteiger partial charge in [0.05, 0.1) is 12.6 Å². The highest BCUT2D eigenvalue weighted by atomic mass is 16.5. The molecule has 1 atom stereocenters. The lowest BCUT2D eigenvalue weighted by atomic mass is 9.87. The topological polar surface area (TPSA) is 71.4 Å². The van der Waals surface area contributed by atoms with E-state index >= 15 is 0 Å². The van der Waals surface area contributed by atoms with Gasteiger partial charge in [0.25, 0.3) is 0 Å². The van der Waals surface area contributed by atoms with Crippen LogP contribution in [0.1, 0.15) is 51.0 Å². The molecule has 0 spiro atoms. The molecule has 2 heterocycles. The number of amides is 1. The zero-order valence-electron chi connectivity index (χ0n) is 15.5. The third-order valence-electron chi connectivity index (χ3n) is 5.40. The molecule has 5 nitrogen and oxygen atoms in total. The molecule has 0 radical (unpaired) electrons. The highest BCUT2D eigenvalue weighted by Crippen LogP contribution is 2.35. The third-order valence-corrected chi connectivity index (χ3v) is 5.40. The molecule has 1 aromatic heterocycles. The maximum Gasteiger partial charge on any atom is 0.242 e. The van der Waals surface area contributed by atoms with E-state index in [1.807, 2.05) is 17.9 Å². The second kappa shape index (κ2) is 7.08. The SMILES string of the molecule is CCCC(C)(N)C(=O)N1CCC(c2c[nH]c3ccc(OC)cc23)CC1. The van der Waals surface area contributed by atoms with Crippen LogP contribution in [0.15, 0.2) is 24.4 Å². The molecule has 0 aliphatic carbocycles. The molecule has 2 aromatic rings. The summed E-state index contributed by atoms with van der Waals surface area (Å²) in [5, 5.41) is 1.22. The Balaban J connectivity index is 1.71. The first-order valence-corrected chi connectivity index (χ1v) is 9.19. The number of carbonyl (C=O) groups excluding carboxylic acids is 1. The van der Waals surface area contributed by atoms with E-state index in [1.54, 1.807) is 7.11 Å². The minimum Gasteiger partial charge on any atom is -0.497 e. The molecule has 1 fully saturated rings. The minimum absolute atomic E-state index is 0.0911. The van der Waals surface area contributed by atoms with Crippen LogP contribution in [0, 0.1) is 0 Å². The molecule has 136 valence electrons. The molecule has 25 heavy (non-hydrogen) atoms. The van der Waals surface area contributed by atoms with Crippen molar-refractivity contribution in [1.29, 1.82) is 0 Å². The van der Waals surface area contributed by atoms with E-state index in [1.165, 1.54) is 10.9 Å². The predicted molar refractivity (Wildman–Crippen MR) is 101 cm³/mol. The van der Waals surface area contributed by atoms with Gasteiger partial charge in [0.1, 0.15) is 5.75 Å². The van der Waals surface area contributed by atoms with E-state index < -0.39 is 5.54 Å². The Morgan fingerprint density at radius 1 is 1.40 bits per heavy atom. The van der Waals surface area contributed by atoms with E-state index in [-0.39, 0.29) is 5.91 Å². The summed E-state index contributed by atoms with van der Waals surface area (Å²) in [4.78, 5) is 18.0. The van der Waals surface area contributed by atoms with Crippen LogP contribution >= 0.6 is 0 Å². The van der Waals surface area contributed by atoms with Gasteiger partial charge in [0, 0.05) is 30.2 Å². The van der Waals surface area contributed by atoms with Crippen LogP contribution in [0.4, 0.5) is 0 Å². The Hall–Kier alpha value is -2.01. The number of carbonyl (C=O) groups is 1. The number of fused-ring (bicyclic) bond motifs is 1. The number of aromatic amines is 1. The number of methoxy groups -OCH3 is 1. The van der Waals surface area contributed by atoms with Crippen molar-refractivity contribution in [2.75, 3.05) is 20.2 Å². The number of nitrogens with one attached hydrogen (secondary N) is 1. The first-order chi connectivity index (χ1) is 12.0. The Labute approximate surface area is 149 Å². The molecule has 3 N–H and O–H groups in total. The standard InChI is InChI=1S/C20H29N3O2/c1-4-9-20(2,21)19(24)23-10-7-14(8-11-23)17-13-22-18-6-5-15(25-3)12-16(17)18/h5-6,12-14,22H,4,7-11,21H2,1-3H3. The van der Waals surface area contributed by atoms with Crippen LogP contribution in [0.2, 0.25) is 0 Å². The van der Waals surface area contributed by atoms with Gasteiger partial charge >= 0.3 is 0 Å². The van der Waals surface area contributed by atoms with E-state index in [9.17, 15) is 4.79 Å². The predicted octanol–water partition coefficient (Wildman–Crippen LogP) is 3.40. The molecule has 0 saturated carbocycles. The van der Waals surface area contributed by atoms with Crippen molar-refractivity contribution in [1.82, 2.24) is 9.88 Å². The number of aromatic nitrogens is 1. The maximum absolute atomic E-state index is 12.7. The van der Waals surface area contributed by atoms with Gasteiger partial charge in [-0.05, 0) is 55.9 Å². The number of likely N-dealkylation sites (tertiary alicyclic amines) is 1. The van der Waals surface area contributed by atoms with E-state index in [4.69, 9.17) is 10.5 Å². The molecule has 0 bridgehead atoms. The molecule has 1 aliphatic rings. The summed E-state index contributed by atoms with van der Waals surface area (Å²) in [7, 11) is 1.69. The van der Waals surface area contributed by atoms with Crippen LogP contribution < -0.4 is 10.5 Å². The van der Waals surface area contributed by atoms with Crippen molar-refractivity contribution in [3.63, 3.8) is 0 Å². The molecule has 1 aromatic carbocycles. The molecule has 3 rings (SSSR count). The summed E-state index contributed by atoms with van der Waals surface area (Å²) in [5.41, 5.74) is 7.94. The van der Waals surface area contributed by atoms with Crippen LogP contribution in [0.5, 0.6) is 5.75 Å². The average molecular weight is 343 g/mol. The number of nitrogens with zero attached hydrogens (tertiary/aromatic N) is 1. The number of rotatable bonds is 5. The molecular weight excluding hydrogens is 314 g/mol. The van der Waals surface area contributed by atoms with Gasteiger partial charge in [-0.1, -0.05) is 13.3 Å². The van der Waals surface area contributed by atoms with Gasteiger partial charge in [-0.25, -0.2) is 0 Å². The highest BCUT2D eigenvalue weighted by molar-refractivity contribution is 5.86. The number of hydrogen-bond donors (Lipinski definition) is 2. The smallest absolute Gasteiger partial charge is 0.242 e. The van der Waals surface area contributed by atoms with Crippen LogP contribution in [-0.2, 0) is 4.79 Å². The zero-order chi connectivity index (χ0) is 18.0. The first kappa shape index (κ1) is 17.8. The van der Waals surface area contributed by atoms with E-state index in [2.05, 4.69) is 30.2 Å². The lowest BCUT2D eigenvalue weighted by Crippen LogP contribution is -2.54. The highest BCUT2D eigenvalue weighted by Gasteiger charge is 2.34. The average Bonchev–Trinajstić information content (AvgIpc) is 3.04. The van der Waals surface area contributed by atoms with Crippen LogP contribution in [0.3, 0.4) is 0 Å². The van der Waals surface area contributed by atoms with E-state index in [0.717, 1.165) is 50.0 Å². The summed E-state index contributed by atoms with van der Waals surface area (Å²) in [5.74, 6) is 1.42. The third kappa shape index (κ3) is 3.52. The molecule has 1 aliphatic heterocycles. The Morgan fingerprint density at radius 2 is 2.12 bits per heavy atom. The van der Waals surface area contributed by atoms with Crippen molar-refractivity contribution >= 4 is 16.8 Å². The van der Waals surface area contributed by atoms with Gasteiger partial charge in [-0.2, -0.15) is 0 Å². The van der Waals surface area contributed by atoms with Crippen molar-refractivity contribution in [2.45, 2.75) is 51.0 Å². The minimum atomic E-state index is -0.740. The molecule has 1 saturated heterocycles. The quantitative estimate of drug-likeness (QED) is 0.874. The number of nitrogens with two attached hydrogens (primary N) is 1. The fraction of sp³-hybridized carbons (Fsp3) is 0.550. The molecule has 5 heteroatoms. The monoisotopic (exact) mass is 343 g/mol. The zero-order valence-corrected chi connectivity index (χ0v) is 15.5. The fourth-order valence-corrected chi connectivity index (χ4v) is 3.97. The number of H-pyrrole nitrogens is 1. The summed E-state index contributed by atoms with van der Waals surface area (Å²) in [6.07, 6.45) is 5.70. The van der Waals surface area contributed by atoms with Crippen LogP contribution in [-0.4, -0.2) is 41.5 Å². The molecule has 1 amide bonds. The number of piperidine rings is 1. The number of benzene rings is 1. The van der Waals surface area contributed by atoms with Gasteiger partial charge < -0.3 is 20.4 Å². The Kier molecular flexibility index (Phi) is 5.04. The van der Waals surface area contributed by atoms with Crippen LogP contribution in [0.25, 0.3) is 10.9 Å². The summed E-state index contributed by atoms with van der Waals surface area (Å²) >= 11 is 0. The van der Waals surface area contributed by atoms with Crippen molar-refractivity contribution in [2.24, 2.45) is 5.73 Å². The number of hydrogen-bond acceptors (Lipinski definition) is 3. The van der Waals surface area contributed by atoms with Crippen molar-refractivity contribution in [3.05, 3.63) is 30.0 Å². The van der Waals surface area contributed by atoms with Gasteiger partial charge in [0.2, 0.25) is 5.91 Å². The summed E-state index contributed by atoms with van der Waals surface area (Å²) < 4.78 is 5.36. The Bertz CT molecular complexity index is 742. The molecule has 1 unspecified atom stereocenters.